The van der Waals surface area contributed by atoms with Crippen LogP contribution in [0.1, 0.15) is 27.2 Å². The lowest BCUT2D eigenvalue weighted by atomic mass is 10.0. The van der Waals surface area contributed by atoms with Crippen LogP contribution in [-0.4, -0.2) is 33.4 Å². The Morgan fingerprint density at radius 2 is 2.17 bits per heavy atom. The average molecular weight is 427 g/mol. The first-order valence-corrected chi connectivity index (χ1v) is 10.2. The van der Waals surface area contributed by atoms with Gasteiger partial charge in [-0.15, -0.1) is 11.3 Å². The van der Waals surface area contributed by atoms with Crippen LogP contribution in [0.15, 0.2) is 31.0 Å². The molecule has 7 nitrogen and oxygen atoms in total. The minimum absolute atomic E-state index is 0.0523. The van der Waals surface area contributed by atoms with Gasteiger partial charge in [0.1, 0.15) is 15.8 Å². The zero-order valence-electron chi connectivity index (χ0n) is 15.9. The number of hydrogen-bond acceptors (Lipinski definition) is 7. The molecule has 4 rings (SSSR count). The monoisotopic (exact) mass is 426 g/mol. The van der Waals surface area contributed by atoms with E-state index < -0.39 is 0 Å². The number of amides is 1. The van der Waals surface area contributed by atoms with Crippen LogP contribution in [0.5, 0.6) is 0 Å². The van der Waals surface area contributed by atoms with E-state index in [0.717, 1.165) is 21.7 Å². The molecule has 0 aromatic carbocycles. The van der Waals surface area contributed by atoms with Crippen LogP contribution in [0.4, 0.5) is 17.5 Å². The van der Waals surface area contributed by atoms with Crippen molar-refractivity contribution in [1.82, 2.24) is 20.3 Å². The number of nitrogens with one attached hydrogen (secondary N) is 3. The Hall–Kier alpha value is -2.97. The maximum absolute atomic E-state index is 12.5. The molecule has 1 amide bonds. The van der Waals surface area contributed by atoms with Gasteiger partial charge in [0.15, 0.2) is 0 Å². The van der Waals surface area contributed by atoms with Gasteiger partial charge in [-0.3, -0.25) is 4.79 Å². The molecule has 1 aliphatic heterocycles. The molecule has 4 heterocycles. The zero-order valence-corrected chi connectivity index (χ0v) is 17.5. The van der Waals surface area contributed by atoms with Gasteiger partial charge in [-0.1, -0.05) is 18.2 Å². The number of anilines is 3. The third kappa shape index (κ3) is 3.81. The molecular weight excluding hydrogens is 408 g/mol. The number of halogens is 1. The topological polar surface area (TPSA) is 91.8 Å². The van der Waals surface area contributed by atoms with E-state index in [1.165, 1.54) is 11.3 Å². The molecule has 3 N–H and O–H groups in total. The van der Waals surface area contributed by atoms with Crippen molar-refractivity contribution in [2.45, 2.75) is 19.9 Å². The number of hydrogen-bond donors (Lipinski definition) is 3. The molecule has 9 heteroatoms. The van der Waals surface area contributed by atoms with E-state index in [4.69, 9.17) is 11.6 Å². The molecule has 0 saturated carbocycles. The summed E-state index contributed by atoms with van der Waals surface area (Å²) in [5.41, 5.74) is 3.42. The molecule has 0 bridgehead atoms. The maximum Gasteiger partial charge on any atom is 0.263 e. The van der Waals surface area contributed by atoms with Crippen molar-refractivity contribution in [3.05, 3.63) is 51.6 Å². The molecule has 1 aliphatic rings. The Balaban J connectivity index is 1.75. The van der Waals surface area contributed by atoms with Crippen molar-refractivity contribution in [2.75, 3.05) is 17.2 Å². The summed E-state index contributed by atoms with van der Waals surface area (Å²) in [6, 6.07) is 5.46. The predicted molar refractivity (Wildman–Crippen MR) is 118 cm³/mol. The van der Waals surface area contributed by atoms with Crippen molar-refractivity contribution >= 4 is 52.4 Å². The number of thiophene rings is 1. The van der Waals surface area contributed by atoms with E-state index in [-0.39, 0.29) is 11.9 Å². The van der Waals surface area contributed by atoms with Crippen LogP contribution in [-0.2, 0) is 0 Å². The van der Waals surface area contributed by atoms with Gasteiger partial charge in [-0.25, -0.2) is 15.0 Å². The molecule has 0 fully saturated rings. The van der Waals surface area contributed by atoms with Crippen LogP contribution in [0.2, 0.25) is 5.15 Å². The number of nitrogens with zero attached hydrogens (tertiary/aromatic N) is 3. The highest BCUT2D eigenvalue weighted by molar-refractivity contribution is 7.15. The number of aryl methyl sites for hydroxylation is 1. The molecule has 0 saturated heterocycles. The summed E-state index contributed by atoms with van der Waals surface area (Å²) in [6.07, 6.45) is 3.27. The van der Waals surface area contributed by atoms with Crippen molar-refractivity contribution < 1.29 is 4.79 Å². The minimum atomic E-state index is -0.0543. The lowest BCUT2D eigenvalue weighted by Crippen LogP contribution is -2.34. The number of pyridine rings is 1. The normalized spacial score (nSPS) is 15.7. The second-order valence-electron chi connectivity index (χ2n) is 6.65. The fourth-order valence-electron chi connectivity index (χ4n) is 3.22. The van der Waals surface area contributed by atoms with E-state index in [9.17, 15) is 4.79 Å². The Morgan fingerprint density at radius 3 is 2.93 bits per heavy atom. The number of fused-ring (bicyclic) bond motifs is 1. The smallest absolute Gasteiger partial charge is 0.263 e. The molecular formula is C20H19ClN6OS. The van der Waals surface area contributed by atoms with Gasteiger partial charge in [-0.05, 0) is 38.1 Å². The largest absolute Gasteiger partial charge is 0.381 e. The van der Waals surface area contributed by atoms with Crippen molar-refractivity contribution in [1.29, 1.82) is 0 Å². The molecule has 3 aromatic rings. The minimum Gasteiger partial charge on any atom is -0.381 e. The highest BCUT2D eigenvalue weighted by Gasteiger charge is 2.27. The van der Waals surface area contributed by atoms with Crippen molar-refractivity contribution in [3.63, 3.8) is 0 Å². The second kappa shape index (κ2) is 7.81. The van der Waals surface area contributed by atoms with Crippen LogP contribution in [0.25, 0.3) is 17.2 Å². The molecule has 0 spiro atoms. The number of carbonyl (C=O) groups excluding carboxylic acids is 1. The number of carbonyl (C=O) groups is 1. The fraction of sp³-hybridized carbons (Fsp3) is 0.200. The lowest BCUT2D eigenvalue weighted by molar-refractivity contribution is 0.0949. The van der Waals surface area contributed by atoms with Crippen LogP contribution < -0.4 is 16.0 Å². The average Bonchev–Trinajstić information content (AvgIpc) is 2.95. The molecule has 29 heavy (non-hydrogen) atoms. The lowest BCUT2D eigenvalue weighted by Gasteiger charge is -2.13. The molecule has 0 aliphatic carbocycles. The van der Waals surface area contributed by atoms with E-state index in [1.807, 2.05) is 26.0 Å². The van der Waals surface area contributed by atoms with Gasteiger partial charge in [0.25, 0.3) is 5.91 Å². The van der Waals surface area contributed by atoms with E-state index in [2.05, 4.69) is 37.5 Å². The molecule has 3 aromatic heterocycles. The highest BCUT2D eigenvalue weighted by atomic mass is 35.5. The predicted octanol–water partition coefficient (Wildman–Crippen LogP) is 4.49. The first-order valence-electron chi connectivity index (χ1n) is 9.04. The van der Waals surface area contributed by atoms with Crippen molar-refractivity contribution in [2.24, 2.45) is 0 Å². The van der Waals surface area contributed by atoms with Gasteiger partial charge in [0.2, 0.25) is 5.95 Å². The number of rotatable bonds is 4. The van der Waals surface area contributed by atoms with Gasteiger partial charge in [0, 0.05) is 34.8 Å². The Kier molecular flexibility index (Phi) is 5.21. The summed E-state index contributed by atoms with van der Waals surface area (Å²) in [7, 11) is 0. The Morgan fingerprint density at radius 1 is 1.34 bits per heavy atom. The summed E-state index contributed by atoms with van der Waals surface area (Å²) < 4.78 is 0. The maximum atomic E-state index is 12.5. The summed E-state index contributed by atoms with van der Waals surface area (Å²) >= 11 is 7.39. The third-order valence-electron chi connectivity index (χ3n) is 4.50. The standard InChI is InChI=1S/C20H19ClN6OS/c1-4-13-12(5-6-15(25-13)27-20-22-8-7-14(21)26-20)16-11(3)29-18-17(16)23-9-10(2)24-19(18)28/h4-8,10,23H,1,9H2,2-3H3,(H,24,28)(H,22,25,26,27)/t10-/m1/s1. The van der Waals surface area contributed by atoms with E-state index in [1.54, 1.807) is 18.3 Å². The zero-order chi connectivity index (χ0) is 20.5. The summed E-state index contributed by atoms with van der Waals surface area (Å²) in [5, 5.41) is 9.81. The van der Waals surface area contributed by atoms with E-state index >= 15 is 0 Å². The summed E-state index contributed by atoms with van der Waals surface area (Å²) in [5.74, 6) is 0.881. The van der Waals surface area contributed by atoms with Crippen LogP contribution >= 0.6 is 22.9 Å². The molecule has 0 unspecified atom stereocenters. The third-order valence-corrected chi connectivity index (χ3v) is 5.82. The highest BCUT2D eigenvalue weighted by Crippen LogP contribution is 2.42. The molecule has 0 radical (unpaired) electrons. The Labute approximate surface area is 177 Å². The van der Waals surface area contributed by atoms with Gasteiger partial charge < -0.3 is 16.0 Å². The Bertz CT molecular complexity index is 1110. The SMILES string of the molecule is C=Cc1nc(Nc2nccc(Cl)n2)ccc1-c1c(C)sc2c1NC[C@@H](C)NC2=O. The van der Waals surface area contributed by atoms with Crippen molar-refractivity contribution in [3.8, 4) is 11.1 Å². The first kappa shape index (κ1) is 19.4. The first-order chi connectivity index (χ1) is 14.0. The van der Waals surface area contributed by atoms with Gasteiger partial charge in [-0.2, -0.15) is 0 Å². The van der Waals surface area contributed by atoms with Crippen LogP contribution in [0, 0.1) is 6.92 Å². The van der Waals surface area contributed by atoms with E-state index in [0.29, 0.717) is 34.0 Å². The fourth-order valence-corrected chi connectivity index (χ4v) is 4.40. The van der Waals surface area contributed by atoms with Crippen LogP contribution in [0.3, 0.4) is 0 Å². The molecule has 1 atom stereocenters. The quantitative estimate of drug-likeness (QED) is 0.532. The second-order valence-corrected chi connectivity index (χ2v) is 8.27. The van der Waals surface area contributed by atoms with Gasteiger partial charge in [0.05, 0.1) is 11.4 Å². The number of aromatic nitrogens is 3. The molecule has 148 valence electrons. The summed E-state index contributed by atoms with van der Waals surface area (Å²) in [6.45, 7) is 8.55. The van der Waals surface area contributed by atoms with Gasteiger partial charge >= 0.3 is 0 Å². The summed E-state index contributed by atoms with van der Waals surface area (Å²) in [4.78, 5) is 27.2.